The molecule has 3 unspecified atom stereocenters. The van der Waals surface area contributed by atoms with Crippen LogP contribution in [-0.4, -0.2) is 23.5 Å². The Morgan fingerprint density at radius 1 is 0.838 bits per heavy atom. The second kappa shape index (κ2) is 10.6. The number of carbonyl (C=O) groups is 4. The van der Waals surface area contributed by atoms with Crippen LogP contribution in [0.25, 0.3) is 0 Å². The fraction of sp³-hybridized carbons (Fsp3) is 0.200. The van der Waals surface area contributed by atoms with Crippen molar-refractivity contribution < 1.29 is 19.2 Å². The molecule has 1 aliphatic carbocycles. The molecule has 6 nitrogen and oxygen atoms in total. The number of benzene rings is 3. The maximum absolute atomic E-state index is 13.3. The van der Waals surface area contributed by atoms with Crippen LogP contribution in [0.2, 0.25) is 0 Å². The second-order valence-electron chi connectivity index (χ2n) is 9.19. The van der Waals surface area contributed by atoms with Gasteiger partial charge in [0.05, 0.1) is 17.5 Å². The van der Waals surface area contributed by atoms with E-state index in [-0.39, 0.29) is 35.3 Å². The monoisotopic (exact) mass is 510 g/mol. The van der Waals surface area contributed by atoms with Crippen molar-refractivity contribution in [3.05, 3.63) is 102 Å². The third-order valence-corrected chi connectivity index (χ3v) is 8.02. The van der Waals surface area contributed by atoms with Gasteiger partial charge in [-0.15, -0.1) is 11.8 Å². The number of imide groups is 1. The van der Waals surface area contributed by atoms with Gasteiger partial charge in [0.25, 0.3) is 0 Å². The Balaban J connectivity index is 1.34. The van der Waals surface area contributed by atoms with Crippen molar-refractivity contribution in [3.63, 3.8) is 0 Å². The number of nitrogens with zero attached hydrogens (tertiary/aromatic N) is 1. The van der Waals surface area contributed by atoms with Crippen LogP contribution in [0.5, 0.6) is 0 Å². The lowest BCUT2D eigenvalue weighted by Gasteiger charge is -2.19. The lowest BCUT2D eigenvalue weighted by molar-refractivity contribution is -0.122. The summed E-state index contributed by atoms with van der Waals surface area (Å²) < 4.78 is 0. The average Bonchev–Trinajstić information content (AvgIpc) is 3.18. The van der Waals surface area contributed by atoms with Crippen LogP contribution < -0.4 is 10.2 Å². The molecular formula is C30H26N2O4S. The highest BCUT2D eigenvalue weighted by Gasteiger charge is 2.47. The molecule has 37 heavy (non-hydrogen) atoms. The van der Waals surface area contributed by atoms with E-state index >= 15 is 0 Å². The Bertz CT molecular complexity index is 1340. The standard InChI is InChI=1S/C30H26N2O4S/c1-19(33)20-11-13-22(14-12-20)31-28(34)27(21-7-3-2-4-8-21)37-24-17-15-23(16-18-24)32-29(35)25-9-5-6-10-26(25)30(32)36/h2-8,11-18,25-27H,9-10H2,1H3,(H,31,34). The first-order valence-electron chi connectivity index (χ1n) is 12.2. The van der Waals surface area contributed by atoms with E-state index in [4.69, 9.17) is 0 Å². The molecule has 1 N–H and O–H groups in total. The molecule has 5 rings (SSSR count). The van der Waals surface area contributed by atoms with E-state index < -0.39 is 5.25 Å². The minimum atomic E-state index is -0.538. The summed E-state index contributed by atoms with van der Waals surface area (Å²) >= 11 is 1.39. The lowest BCUT2D eigenvalue weighted by atomic mass is 9.85. The van der Waals surface area contributed by atoms with Crippen molar-refractivity contribution in [1.29, 1.82) is 0 Å². The van der Waals surface area contributed by atoms with Crippen LogP contribution in [0.15, 0.2) is 95.9 Å². The summed E-state index contributed by atoms with van der Waals surface area (Å²) in [6.07, 6.45) is 5.15. The van der Waals surface area contributed by atoms with Crippen molar-refractivity contribution in [2.45, 2.75) is 29.9 Å². The summed E-state index contributed by atoms with van der Waals surface area (Å²) in [7, 11) is 0. The number of allylic oxidation sites excluding steroid dienone is 2. The van der Waals surface area contributed by atoms with Crippen molar-refractivity contribution in [3.8, 4) is 0 Å². The molecule has 0 spiro atoms. The summed E-state index contributed by atoms with van der Waals surface area (Å²) in [5.74, 6) is -1.07. The number of anilines is 2. The summed E-state index contributed by atoms with van der Waals surface area (Å²) in [5.41, 5.74) is 2.59. The van der Waals surface area contributed by atoms with Gasteiger partial charge in [-0.2, -0.15) is 0 Å². The largest absolute Gasteiger partial charge is 0.325 e. The van der Waals surface area contributed by atoms with E-state index in [1.54, 1.807) is 36.4 Å². The van der Waals surface area contributed by atoms with E-state index in [0.717, 1.165) is 10.5 Å². The molecule has 0 radical (unpaired) electrons. The lowest BCUT2D eigenvalue weighted by Crippen LogP contribution is -2.30. The van der Waals surface area contributed by atoms with Crippen molar-refractivity contribution in [2.75, 3.05) is 10.2 Å². The zero-order valence-corrected chi connectivity index (χ0v) is 21.1. The highest BCUT2D eigenvalue weighted by molar-refractivity contribution is 8.00. The van der Waals surface area contributed by atoms with Gasteiger partial charge in [-0.1, -0.05) is 42.5 Å². The number of amides is 3. The predicted molar refractivity (Wildman–Crippen MR) is 144 cm³/mol. The first-order valence-corrected chi connectivity index (χ1v) is 13.1. The van der Waals surface area contributed by atoms with Crippen LogP contribution in [-0.2, 0) is 14.4 Å². The molecule has 3 aromatic rings. The normalized spacial score (nSPS) is 19.4. The molecular weight excluding hydrogens is 484 g/mol. The number of hydrogen-bond donors (Lipinski definition) is 1. The maximum atomic E-state index is 13.3. The molecule has 1 heterocycles. The van der Waals surface area contributed by atoms with Crippen LogP contribution in [0.1, 0.15) is 40.9 Å². The quantitative estimate of drug-likeness (QED) is 0.188. The van der Waals surface area contributed by atoms with Gasteiger partial charge in [0.15, 0.2) is 5.78 Å². The minimum Gasteiger partial charge on any atom is -0.325 e. The van der Waals surface area contributed by atoms with Crippen LogP contribution in [0, 0.1) is 11.8 Å². The van der Waals surface area contributed by atoms with Gasteiger partial charge in [0.1, 0.15) is 5.25 Å². The van der Waals surface area contributed by atoms with E-state index in [0.29, 0.717) is 29.8 Å². The Morgan fingerprint density at radius 3 is 2.00 bits per heavy atom. The second-order valence-corrected chi connectivity index (χ2v) is 10.4. The van der Waals surface area contributed by atoms with Crippen LogP contribution >= 0.6 is 11.8 Å². The first kappa shape index (κ1) is 24.7. The Morgan fingerprint density at radius 2 is 1.43 bits per heavy atom. The average molecular weight is 511 g/mol. The Labute approximate surface area is 219 Å². The number of ketones is 1. The van der Waals surface area contributed by atoms with Crippen molar-refractivity contribution in [1.82, 2.24) is 0 Å². The number of thioether (sulfide) groups is 1. The van der Waals surface area contributed by atoms with Gasteiger partial charge < -0.3 is 5.32 Å². The van der Waals surface area contributed by atoms with E-state index in [9.17, 15) is 19.2 Å². The summed E-state index contributed by atoms with van der Waals surface area (Å²) in [6.45, 7) is 1.50. The zero-order valence-electron chi connectivity index (χ0n) is 20.3. The zero-order chi connectivity index (χ0) is 25.9. The molecule has 7 heteroatoms. The van der Waals surface area contributed by atoms with Crippen LogP contribution in [0.4, 0.5) is 11.4 Å². The van der Waals surface area contributed by atoms with Gasteiger partial charge in [0.2, 0.25) is 17.7 Å². The summed E-state index contributed by atoms with van der Waals surface area (Å²) in [4.78, 5) is 52.9. The highest BCUT2D eigenvalue weighted by atomic mass is 32.2. The van der Waals surface area contributed by atoms with Crippen molar-refractivity contribution >= 4 is 46.6 Å². The number of nitrogens with one attached hydrogen (secondary N) is 1. The van der Waals surface area contributed by atoms with E-state index in [2.05, 4.69) is 5.32 Å². The molecule has 3 atom stereocenters. The predicted octanol–water partition coefficient (Wildman–Crippen LogP) is 5.82. The topological polar surface area (TPSA) is 83.6 Å². The summed E-state index contributed by atoms with van der Waals surface area (Å²) in [5, 5.41) is 2.41. The molecule has 186 valence electrons. The molecule has 0 bridgehead atoms. The number of Topliss-reactive ketones (excluding diaryl/α,β-unsaturated/α-hetero) is 1. The fourth-order valence-corrected chi connectivity index (χ4v) is 5.79. The van der Waals surface area contributed by atoms with Gasteiger partial charge in [-0.25, -0.2) is 0 Å². The van der Waals surface area contributed by atoms with Gasteiger partial charge >= 0.3 is 0 Å². The molecule has 1 aliphatic heterocycles. The third-order valence-electron chi connectivity index (χ3n) is 6.76. The summed E-state index contributed by atoms with van der Waals surface area (Å²) in [6, 6.07) is 23.5. The van der Waals surface area contributed by atoms with Crippen LogP contribution in [0.3, 0.4) is 0 Å². The van der Waals surface area contributed by atoms with Crippen molar-refractivity contribution in [2.24, 2.45) is 11.8 Å². The fourth-order valence-electron chi connectivity index (χ4n) is 4.76. The first-order chi connectivity index (χ1) is 17.9. The maximum Gasteiger partial charge on any atom is 0.242 e. The van der Waals surface area contributed by atoms with E-state index in [1.807, 2.05) is 54.6 Å². The van der Waals surface area contributed by atoms with Gasteiger partial charge in [-0.3, -0.25) is 24.1 Å². The number of hydrogen-bond acceptors (Lipinski definition) is 5. The number of rotatable bonds is 7. The molecule has 0 aromatic heterocycles. The molecule has 1 saturated heterocycles. The number of carbonyl (C=O) groups excluding carboxylic acids is 4. The number of fused-ring (bicyclic) bond motifs is 1. The smallest absolute Gasteiger partial charge is 0.242 e. The molecule has 2 aliphatic rings. The Kier molecular flexibility index (Phi) is 7.06. The highest BCUT2D eigenvalue weighted by Crippen LogP contribution is 2.40. The minimum absolute atomic E-state index is 0.0354. The van der Waals surface area contributed by atoms with Gasteiger partial charge in [-0.05, 0) is 73.9 Å². The molecule has 3 aromatic carbocycles. The van der Waals surface area contributed by atoms with E-state index in [1.165, 1.54) is 23.6 Å². The molecule has 3 amide bonds. The molecule has 0 saturated carbocycles. The van der Waals surface area contributed by atoms with Gasteiger partial charge in [0, 0.05) is 16.1 Å². The molecule has 1 fully saturated rings. The SMILES string of the molecule is CC(=O)c1ccc(NC(=O)C(Sc2ccc(N3C(=O)C4CC=CCC4C3=O)cc2)c2ccccc2)cc1. The third kappa shape index (κ3) is 5.13. The Hall–Kier alpha value is -3.97.